The van der Waals surface area contributed by atoms with Gasteiger partial charge >= 0.3 is 0 Å². The number of hydrogen-bond acceptors (Lipinski definition) is 5. The van der Waals surface area contributed by atoms with E-state index in [1.54, 1.807) is 12.1 Å². The molecule has 4 aromatic rings. The Hall–Kier alpha value is -4.45. The highest BCUT2D eigenvalue weighted by Gasteiger charge is 2.20. The van der Waals surface area contributed by atoms with E-state index in [0.29, 0.717) is 5.56 Å². The number of halogens is 5. The van der Waals surface area contributed by atoms with Gasteiger partial charge in [-0.05, 0) is 23.8 Å². The number of non-ortho nitro benzene ring substituents is 1. The van der Waals surface area contributed by atoms with E-state index >= 15 is 0 Å². The summed E-state index contributed by atoms with van der Waals surface area (Å²) in [5, 5.41) is 17.3. The van der Waals surface area contributed by atoms with Crippen LogP contribution in [0.5, 0.6) is 5.75 Å². The number of benzene rings is 3. The number of nitro groups is 1. The lowest BCUT2D eigenvalue weighted by molar-refractivity contribution is -0.384. The van der Waals surface area contributed by atoms with E-state index in [4.69, 9.17) is 16.3 Å². The lowest BCUT2D eigenvalue weighted by Gasteiger charge is -2.09. The van der Waals surface area contributed by atoms with Crippen LogP contribution in [0, 0.1) is 33.4 Å². The highest BCUT2D eigenvalue weighted by atomic mass is 35.5. The van der Waals surface area contributed by atoms with Crippen LogP contribution in [0.25, 0.3) is 0 Å². The number of nitrogens with zero attached hydrogens (tertiary/aromatic N) is 3. The Labute approximate surface area is 211 Å². The van der Waals surface area contributed by atoms with E-state index in [1.807, 2.05) is 0 Å². The topological polar surface area (TPSA) is 99.3 Å². The molecule has 0 aliphatic carbocycles. The van der Waals surface area contributed by atoms with Crippen molar-refractivity contribution in [1.29, 1.82) is 0 Å². The van der Waals surface area contributed by atoms with Crippen molar-refractivity contribution in [1.82, 2.24) is 9.78 Å². The molecule has 1 aromatic heterocycles. The number of nitrogens with one attached hydrogen (secondary N) is 1. The van der Waals surface area contributed by atoms with Crippen molar-refractivity contribution in [2.75, 3.05) is 5.32 Å². The number of rotatable bonds is 8. The molecule has 0 bridgehead atoms. The van der Waals surface area contributed by atoms with Crippen molar-refractivity contribution >= 4 is 28.9 Å². The zero-order valence-corrected chi connectivity index (χ0v) is 19.3. The standard InChI is InChI=1S/C24H15ClF4N4O4/c25-18-7-16(33(35)36)5-6-21(18)37-12-13-1-3-14(4-2-13)24(34)31-15-9-30-32(10-15)11-17-19(26)8-20(27)23(29)22(17)28/h1-10H,11-12H2,(H,31,34). The van der Waals surface area contributed by atoms with Crippen LogP contribution in [-0.4, -0.2) is 20.6 Å². The van der Waals surface area contributed by atoms with Crippen molar-refractivity contribution in [3.8, 4) is 5.75 Å². The van der Waals surface area contributed by atoms with E-state index in [-0.39, 0.29) is 40.4 Å². The maximum atomic E-state index is 13.9. The lowest BCUT2D eigenvalue weighted by Crippen LogP contribution is -2.12. The van der Waals surface area contributed by atoms with Crippen molar-refractivity contribution in [3.05, 3.63) is 116 Å². The third-order valence-electron chi connectivity index (χ3n) is 5.16. The van der Waals surface area contributed by atoms with Crippen LogP contribution in [0.1, 0.15) is 21.5 Å². The van der Waals surface area contributed by atoms with Crippen molar-refractivity contribution in [2.45, 2.75) is 13.2 Å². The molecule has 0 fully saturated rings. The molecule has 0 spiro atoms. The molecule has 0 aliphatic rings. The Balaban J connectivity index is 1.36. The summed E-state index contributed by atoms with van der Waals surface area (Å²) in [6.07, 6.45) is 2.50. The number of ether oxygens (including phenoxy) is 1. The predicted molar refractivity (Wildman–Crippen MR) is 124 cm³/mol. The van der Waals surface area contributed by atoms with Crippen LogP contribution < -0.4 is 10.1 Å². The van der Waals surface area contributed by atoms with Crippen LogP contribution in [0.4, 0.5) is 28.9 Å². The van der Waals surface area contributed by atoms with E-state index < -0.39 is 46.2 Å². The largest absolute Gasteiger partial charge is 0.487 e. The number of aromatic nitrogens is 2. The molecule has 0 saturated carbocycles. The Morgan fingerprint density at radius 1 is 1.05 bits per heavy atom. The second kappa shape index (κ2) is 10.7. The highest BCUT2D eigenvalue weighted by molar-refractivity contribution is 6.32. The minimum absolute atomic E-state index is 0.0841. The van der Waals surface area contributed by atoms with E-state index in [2.05, 4.69) is 10.4 Å². The smallest absolute Gasteiger partial charge is 0.271 e. The molecule has 1 N–H and O–H groups in total. The second-order valence-electron chi connectivity index (χ2n) is 7.68. The van der Waals surface area contributed by atoms with Gasteiger partial charge in [-0.2, -0.15) is 5.10 Å². The third-order valence-corrected chi connectivity index (χ3v) is 5.45. The Morgan fingerprint density at radius 2 is 1.78 bits per heavy atom. The van der Waals surface area contributed by atoms with Gasteiger partial charge in [0, 0.05) is 35.5 Å². The summed E-state index contributed by atoms with van der Waals surface area (Å²) in [5.74, 6) is -6.59. The SMILES string of the molecule is O=C(Nc1cnn(Cc2c(F)cc(F)c(F)c2F)c1)c1ccc(COc2ccc([N+](=O)[O-])cc2Cl)cc1. The highest BCUT2D eigenvalue weighted by Crippen LogP contribution is 2.29. The van der Waals surface area contributed by atoms with Gasteiger partial charge in [-0.25, -0.2) is 17.6 Å². The van der Waals surface area contributed by atoms with Gasteiger partial charge in [0.25, 0.3) is 11.6 Å². The summed E-state index contributed by atoms with van der Waals surface area (Å²) in [5.41, 5.74) is 0.292. The van der Waals surface area contributed by atoms with Gasteiger partial charge in [0.05, 0.1) is 28.4 Å². The first kappa shape index (κ1) is 25.6. The molecule has 190 valence electrons. The Bertz CT molecular complexity index is 1500. The van der Waals surface area contributed by atoms with E-state index in [1.165, 1.54) is 42.7 Å². The van der Waals surface area contributed by atoms with Crippen molar-refractivity contribution in [2.24, 2.45) is 0 Å². The normalized spacial score (nSPS) is 10.8. The van der Waals surface area contributed by atoms with Crippen LogP contribution in [-0.2, 0) is 13.2 Å². The minimum atomic E-state index is -1.79. The molecule has 0 radical (unpaired) electrons. The minimum Gasteiger partial charge on any atom is -0.487 e. The quantitative estimate of drug-likeness (QED) is 0.100. The molecule has 0 aliphatic heterocycles. The fourth-order valence-corrected chi connectivity index (χ4v) is 3.49. The van der Waals surface area contributed by atoms with Crippen LogP contribution >= 0.6 is 11.6 Å². The van der Waals surface area contributed by atoms with Gasteiger partial charge in [0.15, 0.2) is 17.5 Å². The molecule has 37 heavy (non-hydrogen) atoms. The molecule has 0 unspecified atom stereocenters. The van der Waals surface area contributed by atoms with Crippen molar-refractivity contribution < 1.29 is 32.0 Å². The maximum absolute atomic E-state index is 13.9. The molecule has 1 heterocycles. The summed E-state index contributed by atoms with van der Waals surface area (Å²) >= 11 is 6.00. The fraction of sp³-hybridized carbons (Fsp3) is 0.0833. The van der Waals surface area contributed by atoms with E-state index in [0.717, 1.165) is 4.68 Å². The summed E-state index contributed by atoms with van der Waals surface area (Å²) in [4.78, 5) is 22.7. The fourth-order valence-electron chi connectivity index (χ4n) is 3.26. The molecular formula is C24H15ClF4N4O4. The first-order chi connectivity index (χ1) is 17.6. The molecule has 1 amide bonds. The second-order valence-corrected chi connectivity index (χ2v) is 8.09. The van der Waals surface area contributed by atoms with E-state index in [9.17, 15) is 32.5 Å². The van der Waals surface area contributed by atoms with Gasteiger partial charge in [-0.1, -0.05) is 23.7 Å². The number of amides is 1. The Kier molecular flexibility index (Phi) is 7.39. The summed E-state index contributed by atoms with van der Waals surface area (Å²) in [7, 11) is 0. The van der Waals surface area contributed by atoms with Crippen LogP contribution in [0.3, 0.4) is 0 Å². The summed E-state index contributed by atoms with van der Waals surface area (Å²) < 4.78 is 60.9. The molecule has 8 nitrogen and oxygen atoms in total. The average molecular weight is 535 g/mol. The monoisotopic (exact) mass is 534 g/mol. The van der Waals surface area contributed by atoms with Crippen molar-refractivity contribution in [3.63, 3.8) is 0 Å². The molecule has 13 heteroatoms. The first-order valence-corrected chi connectivity index (χ1v) is 10.8. The summed E-state index contributed by atoms with van der Waals surface area (Å²) in [6.45, 7) is -0.443. The predicted octanol–water partition coefficient (Wildman–Crippen LogP) is 5.88. The number of nitro benzene ring substituents is 1. The summed E-state index contributed by atoms with van der Waals surface area (Å²) in [6, 6.07) is 10.4. The van der Waals surface area contributed by atoms with Gasteiger partial charge in [0.1, 0.15) is 18.2 Å². The van der Waals surface area contributed by atoms with Gasteiger partial charge in [0.2, 0.25) is 0 Å². The first-order valence-electron chi connectivity index (χ1n) is 10.4. The number of carbonyl (C=O) groups excluding carboxylic acids is 1. The van der Waals surface area contributed by atoms with Gasteiger partial charge in [-0.15, -0.1) is 0 Å². The third kappa shape index (κ3) is 5.86. The zero-order chi connectivity index (χ0) is 26.7. The zero-order valence-electron chi connectivity index (χ0n) is 18.6. The number of anilines is 1. The molecule has 0 atom stereocenters. The maximum Gasteiger partial charge on any atom is 0.271 e. The molecular weight excluding hydrogens is 520 g/mol. The van der Waals surface area contributed by atoms with Gasteiger partial charge in [-0.3, -0.25) is 19.6 Å². The number of hydrogen-bond donors (Lipinski definition) is 1. The molecule has 3 aromatic carbocycles. The Morgan fingerprint density at radius 3 is 2.46 bits per heavy atom. The lowest BCUT2D eigenvalue weighted by atomic mass is 10.1. The molecule has 4 rings (SSSR count). The number of carbonyl (C=O) groups is 1. The van der Waals surface area contributed by atoms with Gasteiger partial charge < -0.3 is 10.1 Å². The van der Waals surface area contributed by atoms with Crippen LogP contribution in [0.2, 0.25) is 5.02 Å². The molecule has 0 saturated heterocycles. The average Bonchev–Trinajstić information content (AvgIpc) is 3.31. The van der Waals surface area contributed by atoms with Crippen LogP contribution in [0.15, 0.2) is 60.9 Å².